The monoisotopic (exact) mass is 378 g/mol. The normalized spacial score (nSPS) is 20.3. The molecule has 1 aliphatic rings. The average Bonchev–Trinajstić information content (AvgIpc) is 3.16. The van der Waals surface area contributed by atoms with Crippen molar-refractivity contribution in [2.24, 2.45) is 7.05 Å². The van der Waals surface area contributed by atoms with Crippen LogP contribution in [0.1, 0.15) is 6.42 Å². The quantitative estimate of drug-likeness (QED) is 0.618. The number of aliphatic hydroxyl groups excluding tert-OH is 1. The van der Waals surface area contributed by atoms with Gasteiger partial charge in [-0.1, -0.05) is 0 Å². The largest absolute Gasteiger partial charge is 0.497 e. The summed E-state index contributed by atoms with van der Waals surface area (Å²) in [4.78, 5) is 13.8. The van der Waals surface area contributed by atoms with E-state index in [9.17, 15) is 9.90 Å². The van der Waals surface area contributed by atoms with Crippen LogP contribution in [0.5, 0.6) is 5.75 Å². The molecule has 26 heavy (non-hydrogen) atoms. The van der Waals surface area contributed by atoms with Gasteiger partial charge in [0.25, 0.3) is 0 Å². The van der Waals surface area contributed by atoms with Crippen molar-refractivity contribution in [2.45, 2.75) is 25.2 Å². The van der Waals surface area contributed by atoms with Crippen LogP contribution in [-0.4, -0.2) is 63.2 Å². The van der Waals surface area contributed by atoms with Crippen LogP contribution in [0.2, 0.25) is 0 Å². The lowest BCUT2D eigenvalue weighted by Crippen LogP contribution is -2.38. The summed E-state index contributed by atoms with van der Waals surface area (Å²) in [5.41, 5.74) is 0.907. The highest BCUT2D eigenvalue weighted by Gasteiger charge is 2.37. The van der Waals surface area contributed by atoms with Crippen molar-refractivity contribution in [1.29, 1.82) is 0 Å². The van der Waals surface area contributed by atoms with Crippen LogP contribution in [0.3, 0.4) is 0 Å². The van der Waals surface area contributed by atoms with Crippen LogP contribution in [0, 0.1) is 4.77 Å². The van der Waals surface area contributed by atoms with E-state index in [1.165, 1.54) is 7.11 Å². The fraction of sp³-hybridized carbons (Fsp3) is 0.471. The van der Waals surface area contributed by atoms with Crippen molar-refractivity contribution < 1.29 is 19.4 Å². The van der Waals surface area contributed by atoms with Crippen LogP contribution >= 0.6 is 12.2 Å². The van der Waals surface area contributed by atoms with E-state index >= 15 is 0 Å². The molecule has 2 aromatic rings. The third-order valence-electron chi connectivity index (χ3n) is 4.56. The van der Waals surface area contributed by atoms with Gasteiger partial charge in [-0.2, -0.15) is 5.10 Å². The molecule has 2 atom stereocenters. The van der Waals surface area contributed by atoms with Crippen molar-refractivity contribution in [3.63, 3.8) is 0 Å². The molecule has 0 radical (unpaired) electrons. The molecule has 0 amide bonds. The second kappa shape index (κ2) is 7.56. The molecule has 1 aliphatic heterocycles. The van der Waals surface area contributed by atoms with Gasteiger partial charge >= 0.3 is 5.97 Å². The fourth-order valence-corrected chi connectivity index (χ4v) is 3.35. The molecule has 1 N–H and O–H groups in total. The number of β-amino-alcohol motifs (C(OH)–C–C–N with tert-alkyl or cyclic N) is 1. The van der Waals surface area contributed by atoms with Gasteiger partial charge in [-0.05, 0) is 36.5 Å². The maximum Gasteiger partial charge on any atom is 0.323 e. The Bertz CT molecular complexity index is 845. The lowest BCUT2D eigenvalue weighted by Gasteiger charge is -2.21. The molecular formula is C17H22N4O4S. The van der Waals surface area contributed by atoms with Crippen LogP contribution in [0.15, 0.2) is 24.3 Å². The van der Waals surface area contributed by atoms with Gasteiger partial charge in [0.1, 0.15) is 11.8 Å². The molecular weight excluding hydrogens is 356 g/mol. The number of aromatic nitrogens is 3. The van der Waals surface area contributed by atoms with E-state index in [0.717, 1.165) is 11.3 Å². The van der Waals surface area contributed by atoms with E-state index in [1.807, 2.05) is 40.8 Å². The number of nitrogens with zero attached hydrogens (tertiary/aromatic N) is 4. The van der Waals surface area contributed by atoms with Crippen molar-refractivity contribution in [3.05, 3.63) is 29.0 Å². The minimum atomic E-state index is -0.571. The Morgan fingerprint density at radius 1 is 1.35 bits per heavy atom. The van der Waals surface area contributed by atoms with E-state index in [0.29, 0.717) is 30.2 Å². The maximum atomic E-state index is 12.0. The molecule has 0 spiro atoms. The zero-order valence-corrected chi connectivity index (χ0v) is 15.8. The van der Waals surface area contributed by atoms with Crippen molar-refractivity contribution in [1.82, 2.24) is 19.2 Å². The predicted molar refractivity (Wildman–Crippen MR) is 97.2 cm³/mol. The number of carbonyl (C=O) groups excluding carboxylic acids is 1. The van der Waals surface area contributed by atoms with Gasteiger partial charge in [-0.3, -0.25) is 9.69 Å². The third kappa shape index (κ3) is 3.50. The second-order valence-electron chi connectivity index (χ2n) is 6.23. The maximum absolute atomic E-state index is 12.0. The number of likely N-dealkylation sites (tertiary alicyclic amines) is 1. The average molecular weight is 378 g/mol. The SMILES string of the molecule is COC(=O)[C@@H]1C[C@@H](O)CN1Cn1nc(-c2ccc(OC)cc2)n(C)c1=S. The smallest absolute Gasteiger partial charge is 0.323 e. The van der Waals surface area contributed by atoms with E-state index in [4.69, 9.17) is 21.7 Å². The molecule has 0 aliphatic carbocycles. The Labute approximate surface area is 156 Å². The summed E-state index contributed by atoms with van der Waals surface area (Å²) in [5, 5.41) is 14.5. The van der Waals surface area contributed by atoms with Gasteiger partial charge in [0.2, 0.25) is 0 Å². The molecule has 0 saturated carbocycles. The van der Waals surface area contributed by atoms with E-state index in [2.05, 4.69) is 5.10 Å². The first kappa shape index (κ1) is 18.6. The molecule has 0 unspecified atom stereocenters. The van der Waals surface area contributed by atoms with Gasteiger partial charge in [-0.25, -0.2) is 4.68 Å². The Morgan fingerprint density at radius 2 is 2.04 bits per heavy atom. The summed E-state index contributed by atoms with van der Waals surface area (Å²) in [6.45, 7) is 0.676. The lowest BCUT2D eigenvalue weighted by molar-refractivity contribution is -0.146. The molecule has 8 nitrogen and oxygen atoms in total. The minimum absolute atomic E-state index is 0.305. The summed E-state index contributed by atoms with van der Waals surface area (Å²) in [6, 6.07) is 7.06. The summed E-state index contributed by atoms with van der Waals surface area (Å²) in [7, 11) is 4.81. The number of benzene rings is 1. The zero-order valence-electron chi connectivity index (χ0n) is 15.0. The second-order valence-corrected chi connectivity index (χ2v) is 6.60. The van der Waals surface area contributed by atoms with Crippen molar-refractivity contribution in [2.75, 3.05) is 20.8 Å². The van der Waals surface area contributed by atoms with E-state index in [-0.39, 0.29) is 5.97 Å². The van der Waals surface area contributed by atoms with Gasteiger partial charge in [0.05, 0.1) is 27.0 Å². The van der Waals surface area contributed by atoms with Gasteiger partial charge in [-0.15, -0.1) is 0 Å². The number of ether oxygens (including phenoxy) is 2. The van der Waals surface area contributed by atoms with Crippen molar-refractivity contribution >= 4 is 18.2 Å². The lowest BCUT2D eigenvalue weighted by atomic mass is 10.2. The highest BCUT2D eigenvalue weighted by Crippen LogP contribution is 2.23. The molecule has 140 valence electrons. The number of esters is 1. The van der Waals surface area contributed by atoms with Crippen LogP contribution in [0.25, 0.3) is 11.4 Å². The van der Waals surface area contributed by atoms with Crippen LogP contribution in [0.4, 0.5) is 0 Å². The summed E-state index contributed by atoms with van der Waals surface area (Å²) in [6.07, 6.45) is -0.226. The van der Waals surface area contributed by atoms with E-state index < -0.39 is 12.1 Å². The Morgan fingerprint density at radius 3 is 2.65 bits per heavy atom. The number of methoxy groups -OCH3 is 2. The van der Waals surface area contributed by atoms with Crippen LogP contribution in [-0.2, 0) is 23.2 Å². The first-order valence-electron chi connectivity index (χ1n) is 8.22. The van der Waals surface area contributed by atoms with Gasteiger partial charge in [0.15, 0.2) is 10.6 Å². The summed E-state index contributed by atoms with van der Waals surface area (Å²) in [5.74, 6) is 1.12. The first-order valence-corrected chi connectivity index (χ1v) is 8.63. The third-order valence-corrected chi connectivity index (χ3v) is 5.04. The van der Waals surface area contributed by atoms with Crippen LogP contribution < -0.4 is 4.74 Å². The molecule has 2 heterocycles. The Kier molecular flexibility index (Phi) is 5.40. The van der Waals surface area contributed by atoms with Gasteiger partial charge in [0, 0.05) is 25.6 Å². The summed E-state index contributed by atoms with van der Waals surface area (Å²) < 4.78 is 14.0. The number of aliphatic hydroxyl groups is 1. The molecule has 1 fully saturated rings. The highest BCUT2D eigenvalue weighted by atomic mass is 32.1. The number of hydrogen-bond donors (Lipinski definition) is 1. The number of rotatable bonds is 5. The predicted octanol–water partition coefficient (Wildman–Crippen LogP) is 1.19. The fourth-order valence-electron chi connectivity index (χ4n) is 3.16. The molecule has 0 bridgehead atoms. The number of hydrogen-bond acceptors (Lipinski definition) is 7. The Hall–Kier alpha value is -2.23. The molecule has 3 rings (SSSR count). The van der Waals surface area contributed by atoms with E-state index in [1.54, 1.807) is 11.8 Å². The minimum Gasteiger partial charge on any atom is -0.497 e. The zero-order chi connectivity index (χ0) is 18.8. The Balaban J connectivity index is 1.87. The van der Waals surface area contributed by atoms with Gasteiger partial charge < -0.3 is 19.1 Å². The standard InChI is InChI=1S/C17H22N4O4S/c1-19-15(11-4-6-13(24-2)7-5-11)18-21(17(19)26)10-20-9-12(22)8-14(20)16(23)25-3/h4-7,12,14,22H,8-10H2,1-3H3/t12-,14+/m1/s1. The summed E-state index contributed by atoms with van der Waals surface area (Å²) >= 11 is 5.49. The molecule has 1 aromatic carbocycles. The highest BCUT2D eigenvalue weighted by molar-refractivity contribution is 7.71. The van der Waals surface area contributed by atoms with Crippen molar-refractivity contribution in [3.8, 4) is 17.1 Å². The molecule has 1 saturated heterocycles. The topological polar surface area (TPSA) is 81.8 Å². The molecule has 9 heteroatoms. The number of carbonyl (C=O) groups is 1. The molecule has 1 aromatic heterocycles. The first-order chi connectivity index (χ1) is 12.4.